The van der Waals surface area contributed by atoms with Gasteiger partial charge in [0.2, 0.25) is 0 Å². The number of ether oxygens (including phenoxy) is 1. The molecule has 0 saturated carbocycles. The second kappa shape index (κ2) is 7.64. The zero-order valence-electron chi connectivity index (χ0n) is 13.0. The summed E-state index contributed by atoms with van der Waals surface area (Å²) >= 11 is 3.66. The van der Waals surface area contributed by atoms with Gasteiger partial charge in [-0.3, -0.25) is 4.68 Å². The Morgan fingerprint density at radius 1 is 1.24 bits per heavy atom. The number of aromatic nitrogens is 2. The molecule has 0 radical (unpaired) electrons. The Labute approximate surface area is 135 Å². The van der Waals surface area contributed by atoms with Gasteiger partial charge in [-0.15, -0.1) is 0 Å². The predicted molar refractivity (Wildman–Crippen MR) is 90.3 cm³/mol. The summed E-state index contributed by atoms with van der Waals surface area (Å²) in [5.41, 5.74) is 3.78. The van der Waals surface area contributed by atoms with Gasteiger partial charge in [-0.05, 0) is 56.4 Å². The molecule has 2 rings (SSSR count). The van der Waals surface area contributed by atoms with Crippen LogP contribution in [0.4, 0.5) is 0 Å². The highest BCUT2D eigenvalue weighted by molar-refractivity contribution is 9.09. The number of rotatable bonds is 7. The van der Waals surface area contributed by atoms with E-state index in [-0.39, 0.29) is 0 Å². The molecule has 0 aliphatic carbocycles. The van der Waals surface area contributed by atoms with Gasteiger partial charge in [0.1, 0.15) is 5.75 Å². The fourth-order valence-electron chi connectivity index (χ4n) is 2.61. The minimum atomic E-state index is 0.569. The lowest BCUT2D eigenvalue weighted by atomic mass is 9.96. The second-order valence-electron chi connectivity index (χ2n) is 5.37. The molecule has 0 aliphatic rings. The molecule has 1 unspecified atom stereocenters. The van der Waals surface area contributed by atoms with Gasteiger partial charge >= 0.3 is 0 Å². The molecule has 0 amide bonds. The van der Waals surface area contributed by atoms with Crippen molar-refractivity contribution in [2.45, 2.75) is 33.2 Å². The molecular formula is C17H23BrN2O. The Balaban J connectivity index is 2.05. The van der Waals surface area contributed by atoms with E-state index >= 15 is 0 Å². The minimum absolute atomic E-state index is 0.569. The molecule has 21 heavy (non-hydrogen) atoms. The third-order valence-electron chi connectivity index (χ3n) is 3.68. The van der Waals surface area contributed by atoms with Crippen molar-refractivity contribution in [1.82, 2.24) is 9.78 Å². The van der Waals surface area contributed by atoms with E-state index in [0.29, 0.717) is 5.92 Å². The monoisotopic (exact) mass is 350 g/mol. The summed E-state index contributed by atoms with van der Waals surface area (Å²) in [7, 11) is 1.70. The molecule has 1 atom stereocenters. The lowest BCUT2D eigenvalue weighted by Crippen LogP contribution is -2.13. The average molecular weight is 351 g/mol. The van der Waals surface area contributed by atoms with Crippen LogP contribution in [0.5, 0.6) is 5.75 Å². The fraction of sp³-hybridized carbons (Fsp3) is 0.471. The van der Waals surface area contributed by atoms with Crippen molar-refractivity contribution in [3.8, 4) is 5.75 Å². The number of benzene rings is 1. The Bertz CT molecular complexity index is 563. The van der Waals surface area contributed by atoms with E-state index in [9.17, 15) is 0 Å². The van der Waals surface area contributed by atoms with E-state index < -0.39 is 0 Å². The molecule has 0 saturated heterocycles. The Kier molecular flexibility index (Phi) is 5.85. The lowest BCUT2D eigenvalue weighted by molar-refractivity contribution is 0.414. The lowest BCUT2D eigenvalue weighted by Gasteiger charge is -2.15. The molecule has 1 aromatic heterocycles. The van der Waals surface area contributed by atoms with Crippen molar-refractivity contribution in [3.05, 3.63) is 47.3 Å². The molecule has 114 valence electrons. The van der Waals surface area contributed by atoms with Crippen molar-refractivity contribution in [2.24, 2.45) is 5.92 Å². The number of aryl methyl sites for hydroxylation is 2. The summed E-state index contributed by atoms with van der Waals surface area (Å²) in [6, 6.07) is 10.6. The highest BCUT2D eigenvalue weighted by Crippen LogP contribution is 2.20. The first-order valence-corrected chi connectivity index (χ1v) is 8.50. The second-order valence-corrected chi connectivity index (χ2v) is 6.02. The number of alkyl halides is 1. The maximum atomic E-state index is 5.21. The Morgan fingerprint density at radius 3 is 2.52 bits per heavy atom. The minimum Gasteiger partial charge on any atom is -0.497 e. The van der Waals surface area contributed by atoms with Crippen molar-refractivity contribution in [1.29, 1.82) is 0 Å². The van der Waals surface area contributed by atoms with Crippen LogP contribution in [0.2, 0.25) is 0 Å². The average Bonchev–Trinajstić information content (AvgIpc) is 2.87. The molecule has 0 bridgehead atoms. The molecule has 0 spiro atoms. The SMILES string of the molecule is CCn1nc(C)cc1CC(CBr)Cc1ccc(OC)cc1. The molecule has 0 aliphatic heterocycles. The molecule has 1 heterocycles. The number of halogens is 1. The van der Waals surface area contributed by atoms with Gasteiger partial charge in [-0.2, -0.15) is 5.10 Å². The van der Waals surface area contributed by atoms with Crippen LogP contribution in [0.15, 0.2) is 30.3 Å². The number of hydrogen-bond acceptors (Lipinski definition) is 2. The fourth-order valence-corrected chi connectivity index (χ4v) is 3.07. The topological polar surface area (TPSA) is 27.1 Å². The zero-order valence-corrected chi connectivity index (χ0v) is 14.6. The van der Waals surface area contributed by atoms with E-state index in [1.54, 1.807) is 7.11 Å². The molecule has 2 aromatic rings. The number of hydrogen-bond donors (Lipinski definition) is 0. The van der Waals surface area contributed by atoms with Gasteiger partial charge in [-0.25, -0.2) is 0 Å². The van der Waals surface area contributed by atoms with Gasteiger partial charge < -0.3 is 4.74 Å². The summed E-state index contributed by atoms with van der Waals surface area (Å²) in [5, 5.41) is 5.52. The molecule has 0 N–H and O–H groups in total. The van der Waals surface area contributed by atoms with Crippen LogP contribution >= 0.6 is 15.9 Å². The van der Waals surface area contributed by atoms with Crippen LogP contribution in [0.3, 0.4) is 0 Å². The summed E-state index contributed by atoms with van der Waals surface area (Å²) in [5.74, 6) is 1.48. The van der Waals surface area contributed by atoms with E-state index in [1.807, 2.05) is 12.1 Å². The third-order valence-corrected chi connectivity index (χ3v) is 4.60. The Hall–Kier alpha value is -1.29. The van der Waals surface area contributed by atoms with E-state index in [4.69, 9.17) is 4.74 Å². The molecule has 4 heteroatoms. The van der Waals surface area contributed by atoms with Crippen LogP contribution < -0.4 is 4.74 Å². The van der Waals surface area contributed by atoms with Gasteiger partial charge in [0, 0.05) is 17.6 Å². The van der Waals surface area contributed by atoms with Crippen LogP contribution in [0, 0.1) is 12.8 Å². The normalized spacial score (nSPS) is 12.4. The quantitative estimate of drug-likeness (QED) is 0.705. The van der Waals surface area contributed by atoms with E-state index in [1.165, 1.54) is 11.3 Å². The van der Waals surface area contributed by atoms with Crippen molar-refractivity contribution in [2.75, 3.05) is 12.4 Å². The van der Waals surface area contributed by atoms with Crippen LogP contribution in [0.1, 0.15) is 23.9 Å². The summed E-state index contributed by atoms with van der Waals surface area (Å²) in [6.07, 6.45) is 2.11. The van der Waals surface area contributed by atoms with Crippen molar-refractivity contribution < 1.29 is 4.74 Å². The van der Waals surface area contributed by atoms with Crippen LogP contribution in [-0.2, 0) is 19.4 Å². The van der Waals surface area contributed by atoms with E-state index in [0.717, 1.165) is 36.2 Å². The standard InChI is InChI=1S/C17H23BrN2O/c1-4-20-16(9-13(2)19-20)11-15(12-18)10-14-5-7-17(21-3)8-6-14/h5-9,15H,4,10-12H2,1-3H3. The largest absolute Gasteiger partial charge is 0.497 e. The number of methoxy groups -OCH3 is 1. The van der Waals surface area contributed by atoms with Gasteiger partial charge in [-0.1, -0.05) is 28.1 Å². The number of nitrogens with zero attached hydrogens (tertiary/aromatic N) is 2. The van der Waals surface area contributed by atoms with Gasteiger partial charge in [0.05, 0.1) is 12.8 Å². The first-order chi connectivity index (χ1) is 10.2. The van der Waals surface area contributed by atoms with Crippen LogP contribution in [-0.4, -0.2) is 22.2 Å². The van der Waals surface area contributed by atoms with E-state index in [2.05, 4.69) is 57.8 Å². The van der Waals surface area contributed by atoms with Crippen molar-refractivity contribution >= 4 is 15.9 Å². The predicted octanol–water partition coefficient (Wildman–Crippen LogP) is 4.02. The molecule has 1 aromatic carbocycles. The van der Waals surface area contributed by atoms with Gasteiger partial charge in [0.25, 0.3) is 0 Å². The molecular weight excluding hydrogens is 328 g/mol. The third kappa shape index (κ3) is 4.34. The van der Waals surface area contributed by atoms with Gasteiger partial charge in [0.15, 0.2) is 0 Å². The maximum absolute atomic E-state index is 5.21. The zero-order chi connectivity index (χ0) is 15.2. The highest BCUT2D eigenvalue weighted by atomic mass is 79.9. The molecule has 3 nitrogen and oxygen atoms in total. The molecule has 0 fully saturated rings. The Morgan fingerprint density at radius 2 is 1.95 bits per heavy atom. The first kappa shape index (κ1) is 16.1. The summed E-state index contributed by atoms with van der Waals surface area (Å²) in [4.78, 5) is 0. The smallest absolute Gasteiger partial charge is 0.118 e. The summed E-state index contributed by atoms with van der Waals surface area (Å²) in [6.45, 7) is 5.13. The maximum Gasteiger partial charge on any atom is 0.118 e. The highest BCUT2D eigenvalue weighted by Gasteiger charge is 2.13. The summed E-state index contributed by atoms with van der Waals surface area (Å²) < 4.78 is 7.32. The van der Waals surface area contributed by atoms with Crippen molar-refractivity contribution in [3.63, 3.8) is 0 Å². The first-order valence-electron chi connectivity index (χ1n) is 7.38. The van der Waals surface area contributed by atoms with Crippen LogP contribution in [0.25, 0.3) is 0 Å².